The molecule has 0 aromatic heterocycles. The minimum Gasteiger partial charge on any atom is -0.330 e. The van der Waals surface area contributed by atoms with Gasteiger partial charge in [0.2, 0.25) is 0 Å². The fourth-order valence-electron chi connectivity index (χ4n) is 2.33. The largest absolute Gasteiger partial charge is 0.330 e. The molecule has 0 unspecified atom stereocenters. The smallest absolute Gasteiger partial charge is 0.0447 e. The number of rotatable bonds is 4. The molecule has 0 aliphatic heterocycles. The molecule has 0 aliphatic carbocycles. The third kappa shape index (κ3) is 3.87. The molecule has 0 radical (unpaired) electrons. The van der Waals surface area contributed by atoms with Gasteiger partial charge in [-0.2, -0.15) is 0 Å². The average molecular weight is 203 g/mol. The second-order valence-corrected chi connectivity index (χ2v) is 17.3. The standard InChI is InChI=1S/C9H25NSi2/c1-11(2,3)9(7-8-10)12(4,5)6/h9H,7-8,10H2,1-6H3. The summed E-state index contributed by atoms with van der Waals surface area (Å²) in [5.41, 5.74) is 5.67. The van der Waals surface area contributed by atoms with E-state index in [-0.39, 0.29) is 0 Å². The molecule has 74 valence electrons. The highest BCUT2D eigenvalue weighted by molar-refractivity contribution is 6.96. The molecule has 0 heterocycles. The Morgan fingerprint density at radius 2 is 1.25 bits per heavy atom. The van der Waals surface area contributed by atoms with Gasteiger partial charge in [-0.25, -0.2) is 0 Å². The molecule has 0 bridgehead atoms. The molecular formula is C9H25NSi2. The summed E-state index contributed by atoms with van der Waals surface area (Å²) in [5.74, 6) is 0. The van der Waals surface area contributed by atoms with Crippen LogP contribution in [0.3, 0.4) is 0 Å². The maximum absolute atomic E-state index is 5.67. The third-order valence-electron chi connectivity index (χ3n) is 2.55. The van der Waals surface area contributed by atoms with Crippen LogP contribution in [0.4, 0.5) is 0 Å². The molecule has 12 heavy (non-hydrogen) atoms. The number of hydrogen-bond donors (Lipinski definition) is 1. The van der Waals surface area contributed by atoms with E-state index >= 15 is 0 Å². The lowest BCUT2D eigenvalue weighted by Gasteiger charge is -2.38. The Kier molecular flexibility index (Phi) is 4.20. The summed E-state index contributed by atoms with van der Waals surface area (Å²) < 4.78 is 0. The van der Waals surface area contributed by atoms with Crippen LogP contribution in [0.1, 0.15) is 6.42 Å². The van der Waals surface area contributed by atoms with E-state index < -0.39 is 16.1 Å². The molecule has 0 saturated carbocycles. The zero-order valence-corrected chi connectivity index (χ0v) is 11.6. The molecule has 0 aliphatic rings. The highest BCUT2D eigenvalue weighted by Crippen LogP contribution is 2.34. The predicted molar refractivity (Wildman–Crippen MR) is 64.1 cm³/mol. The van der Waals surface area contributed by atoms with Crippen molar-refractivity contribution in [3.8, 4) is 0 Å². The Hall–Kier alpha value is 0.394. The van der Waals surface area contributed by atoms with Gasteiger partial charge in [-0.15, -0.1) is 0 Å². The molecule has 0 saturated heterocycles. The summed E-state index contributed by atoms with van der Waals surface area (Å²) in [7, 11) is -1.92. The van der Waals surface area contributed by atoms with Crippen molar-refractivity contribution in [2.24, 2.45) is 5.73 Å². The second-order valence-electron chi connectivity index (χ2n) is 5.86. The summed E-state index contributed by atoms with van der Waals surface area (Å²) in [4.78, 5) is 0. The maximum Gasteiger partial charge on any atom is 0.0447 e. The quantitative estimate of drug-likeness (QED) is 0.699. The molecule has 0 aromatic rings. The minimum atomic E-state index is -0.961. The zero-order valence-electron chi connectivity index (χ0n) is 9.57. The lowest BCUT2D eigenvalue weighted by atomic mass is 10.5. The second kappa shape index (κ2) is 4.07. The zero-order chi connectivity index (χ0) is 9.99. The first kappa shape index (κ1) is 12.4. The first-order valence-corrected chi connectivity index (χ1v) is 12.0. The minimum absolute atomic E-state index is 0.874. The van der Waals surface area contributed by atoms with Gasteiger partial charge in [0.1, 0.15) is 0 Å². The van der Waals surface area contributed by atoms with Crippen LogP contribution < -0.4 is 5.73 Å². The van der Waals surface area contributed by atoms with Gasteiger partial charge in [-0.05, 0) is 18.1 Å². The maximum atomic E-state index is 5.67. The Balaban J connectivity index is 4.45. The first-order valence-electron chi connectivity index (χ1n) is 4.89. The summed E-state index contributed by atoms with van der Waals surface area (Å²) in [6, 6.07) is 0. The highest BCUT2D eigenvalue weighted by atomic mass is 28.4. The molecule has 0 atom stereocenters. The Labute approximate surface area is 79.8 Å². The van der Waals surface area contributed by atoms with E-state index in [1.807, 2.05) is 0 Å². The van der Waals surface area contributed by atoms with Crippen molar-refractivity contribution in [1.29, 1.82) is 0 Å². The fraction of sp³-hybridized carbons (Fsp3) is 1.00. The van der Waals surface area contributed by atoms with Gasteiger partial charge in [0.25, 0.3) is 0 Å². The molecule has 0 aromatic carbocycles. The van der Waals surface area contributed by atoms with Crippen LogP contribution in [0.2, 0.25) is 44.4 Å². The lowest BCUT2D eigenvalue weighted by Crippen LogP contribution is -2.44. The summed E-state index contributed by atoms with van der Waals surface area (Å²) in [6.45, 7) is 15.7. The molecule has 2 N–H and O–H groups in total. The van der Waals surface area contributed by atoms with E-state index in [4.69, 9.17) is 5.73 Å². The summed E-state index contributed by atoms with van der Waals surface area (Å²) in [6.07, 6.45) is 1.26. The Morgan fingerprint density at radius 1 is 0.917 bits per heavy atom. The van der Waals surface area contributed by atoms with E-state index in [9.17, 15) is 0 Å². The van der Waals surface area contributed by atoms with Gasteiger partial charge >= 0.3 is 0 Å². The van der Waals surface area contributed by atoms with Crippen molar-refractivity contribution in [2.45, 2.75) is 50.9 Å². The Morgan fingerprint density at radius 3 is 1.33 bits per heavy atom. The van der Waals surface area contributed by atoms with Crippen molar-refractivity contribution in [3.05, 3.63) is 0 Å². The van der Waals surface area contributed by atoms with Crippen LogP contribution >= 0.6 is 0 Å². The summed E-state index contributed by atoms with van der Waals surface area (Å²) >= 11 is 0. The van der Waals surface area contributed by atoms with Crippen LogP contribution in [0.15, 0.2) is 0 Å². The van der Waals surface area contributed by atoms with E-state index in [1.54, 1.807) is 0 Å². The molecule has 0 spiro atoms. The van der Waals surface area contributed by atoms with Crippen LogP contribution in [0.5, 0.6) is 0 Å². The van der Waals surface area contributed by atoms with Crippen molar-refractivity contribution in [3.63, 3.8) is 0 Å². The summed E-state index contributed by atoms with van der Waals surface area (Å²) in [5, 5.41) is 0.981. The molecular weight excluding hydrogens is 178 g/mol. The van der Waals surface area contributed by atoms with Crippen LogP contribution in [0, 0.1) is 0 Å². The van der Waals surface area contributed by atoms with E-state index in [1.165, 1.54) is 6.42 Å². The van der Waals surface area contributed by atoms with Crippen LogP contribution in [0.25, 0.3) is 0 Å². The molecule has 0 fully saturated rings. The van der Waals surface area contributed by atoms with E-state index in [0.717, 1.165) is 11.7 Å². The lowest BCUT2D eigenvalue weighted by molar-refractivity contribution is 0.853. The van der Waals surface area contributed by atoms with Gasteiger partial charge < -0.3 is 5.73 Å². The average Bonchev–Trinajstić information content (AvgIpc) is 1.77. The molecule has 3 heteroatoms. The number of hydrogen-bond acceptors (Lipinski definition) is 1. The predicted octanol–water partition coefficient (Wildman–Crippen LogP) is 2.92. The van der Waals surface area contributed by atoms with Crippen molar-refractivity contribution in [2.75, 3.05) is 6.54 Å². The van der Waals surface area contributed by atoms with Crippen LogP contribution in [-0.2, 0) is 0 Å². The molecule has 0 amide bonds. The Bertz CT molecular complexity index is 118. The molecule has 1 nitrogen and oxygen atoms in total. The third-order valence-corrected chi connectivity index (χ3v) is 12.5. The SMILES string of the molecule is C[Si](C)(C)C(CCN)[Si](C)(C)C. The highest BCUT2D eigenvalue weighted by Gasteiger charge is 2.36. The van der Waals surface area contributed by atoms with Gasteiger partial charge in [0.15, 0.2) is 0 Å². The van der Waals surface area contributed by atoms with Gasteiger partial charge in [-0.1, -0.05) is 39.3 Å². The van der Waals surface area contributed by atoms with Crippen LogP contribution in [-0.4, -0.2) is 22.7 Å². The monoisotopic (exact) mass is 203 g/mol. The van der Waals surface area contributed by atoms with Gasteiger partial charge in [0, 0.05) is 16.1 Å². The van der Waals surface area contributed by atoms with Crippen molar-refractivity contribution in [1.82, 2.24) is 0 Å². The van der Waals surface area contributed by atoms with Gasteiger partial charge in [-0.3, -0.25) is 0 Å². The van der Waals surface area contributed by atoms with E-state index in [2.05, 4.69) is 39.3 Å². The van der Waals surface area contributed by atoms with Gasteiger partial charge in [0.05, 0.1) is 0 Å². The number of nitrogens with two attached hydrogens (primary N) is 1. The fourth-order valence-corrected chi connectivity index (χ4v) is 14.8. The topological polar surface area (TPSA) is 26.0 Å². The first-order chi connectivity index (χ1) is 5.19. The van der Waals surface area contributed by atoms with Crippen molar-refractivity contribution >= 4 is 16.1 Å². The normalized spacial score (nSPS) is 14.0. The molecule has 0 rings (SSSR count). The van der Waals surface area contributed by atoms with Crippen molar-refractivity contribution < 1.29 is 0 Å². The van der Waals surface area contributed by atoms with E-state index in [0.29, 0.717) is 0 Å².